The van der Waals surface area contributed by atoms with Crippen molar-refractivity contribution in [3.63, 3.8) is 0 Å². The number of nitrogens with zero attached hydrogens (tertiary/aromatic N) is 1. The lowest BCUT2D eigenvalue weighted by atomic mass is 10.0. The minimum absolute atomic E-state index is 0.103. The van der Waals surface area contributed by atoms with E-state index in [1.54, 1.807) is 0 Å². The van der Waals surface area contributed by atoms with E-state index in [1.165, 1.54) is 17.3 Å². The van der Waals surface area contributed by atoms with Gasteiger partial charge in [-0.05, 0) is 36.6 Å². The van der Waals surface area contributed by atoms with E-state index < -0.39 is 0 Å². The highest BCUT2D eigenvalue weighted by Gasteiger charge is 2.20. The molecule has 2 aromatic carbocycles. The number of likely N-dealkylation sites (tertiary alicyclic amines) is 1. The third-order valence-corrected chi connectivity index (χ3v) is 5.60. The maximum absolute atomic E-state index is 12.2. The van der Waals surface area contributed by atoms with Crippen LogP contribution in [-0.4, -0.2) is 35.7 Å². The van der Waals surface area contributed by atoms with Crippen molar-refractivity contribution >= 4 is 29.3 Å². The maximum atomic E-state index is 12.2. The van der Waals surface area contributed by atoms with Crippen LogP contribution >= 0.6 is 23.4 Å². The van der Waals surface area contributed by atoms with Gasteiger partial charge in [-0.2, -0.15) is 0 Å². The van der Waals surface area contributed by atoms with Crippen molar-refractivity contribution in [3.8, 4) is 0 Å². The predicted octanol–water partition coefficient (Wildman–Crippen LogP) is 4.21. The van der Waals surface area contributed by atoms with Gasteiger partial charge in [0.15, 0.2) is 0 Å². The molecule has 3 rings (SSSR count). The van der Waals surface area contributed by atoms with E-state index in [2.05, 4.69) is 34.5 Å². The lowest BCUT2D eigenvalue weighted by Crippen LogP contribution is -2.44. The van der Waals surface area contributed by atoms with Crippen molar-refractivity contribution in [2.75, 3.05) is 18.8 Å². The fourth-order valence-electron chi connectivity index (χ4n) is 3.05. The number of piperidine rings is 1. The number of rotatable bonds is 6. The number of benzene rings is 2. The minimum Gasteiger partial charge on any atom is -0.353 e. The first-order chi connectivity index (χ1) is 12.2. The molecule has 0 aliphatic carbocycles. The number of hydrogen-bond donors (Lipinski definition) is 1. The number of amides is 1. The van der Waals surface area contributed by atoms with Gasteiger partial charge < -0.3 is 5.32 Å². The molecule has 0 spiro atoms. The van der Waals surface area contributed by atoms with Crippen molar-refractivity contribution < 1.29 is 4.79 Å². The Morgan fingerprint density at radius 2 is 1.88 bits per heavy atom. The molecule has 5 heteroatoms. The van der Waals surface area contributed by atoms with Crippen LogP contribution in [0.4, 0.5) is 0 Å². The number of hydrogen-bond acceptors (Lipinski definition) is 3. The fraction of sp³-hybridized carbons (Fsp3) is 0.350. The Bertz CT molecular complexity index is 687. The van der Waals surface area contributed by atoms with Crippen molar-refractivity contribution in [2.45, 2.75) is 30.3 Å². The summed E-state index contributed by atoms with van der Waals surface area (Å²) < 4.78 is 0. The Balaban J connectivity index is 1.37. The SMILES string of the molecule is O=C(CSc1cccc(Cl)c1)NC1CCN(Cc2ccccc2)CC1. The zero-order chi connectivity index (χ0) is 17.5. The average molecular weight is 375 g/mol. The Hall–Kier alpha value is -1.49. The Labute approximate surface area is 158 Å². The third kappa shape index (κ3) is 6.07. The van der Waals surface area contributed by atoms with Crippen LogP contribution in [0.2, 0.25) is 5.02 Å². The van der Waals surface area contributed by atoms with E-state index in [9.17, 15) is 4.79 Å². The van der Waals surface area contributed by atoms with Gasteiger partial charge in [-0.3, -0.25) is 9.69 Å². The molecule has 0 aromatic heterocycles. The highest BCUT2D eigenvalue weighted by atomic mass is 35.5. The average Bonchev–Trinajstić information content (AvgIpc) is 2.63. The van der Waals surface area contributed by atoms with Crippen LogP contribution < -0.4 is 5.32 Å². The molecule has 1 heterocycles. The first-order valence-corrected chi connectivity index (χ1v) is 9.99. The zero-order valence-electron chi connectivity index (χ0n) is 14.2. The topological polar surface area (TPSA) is 32.3 Å². The molecule has 1 aliphatic heterocycles. The summed E-state index contributed by atoms with van der Waals surface area (Å²) in [6, 6.07) is 18.5. The van der Waals surface area contributed by atoms with E-state index in [-0.39, 0.29) is 5.91 Å². The van der Waals surface area contributed by atoms with Crippen LogP contribution in [0.3, 0.4) is 0 Å². The Morgan fingerprint density at radius 1 is 1.12 bits per heavy atom. The minimum atomic E-state index is 0.103. The second-order valence-electron chi connectivity index (χ2n) is 6.35. The summed E-state index contributed by atoms with van der Waals surface area (Å²) in [6.07, 6.45) is 2.03. The summed E-state index contributed by atoms with van der Waals surface area (Å²) in [6.45, 7) is 3.05. The summed E-state index contributed by atoms with van der Waals surface area (Å²) in [4.78, 5) is 15.6. The Kier molecular flexibility index (Phi) is 6.79. The molecular weight excluding hydrogens is 352 g/mol. The monoisotopic (exact) mass is 374 g/mol. The highest BCUT2D eigenvalue weighted by molar-refractivity contribution is 8.00. The lowest BCUT2D eigenvalue weighted by molar-refractivity contribution is -0.119. The number of nitrogens with one attached hydrogen (secondary N) is 1. The molecular formula is C20H23ClN2OS. The molecule has 1 N–H and O–H groups in total. The summed E-state index contributed by atoms with van der Waals surface area (Å²) in [7, 11) is 0. The molecule has 3 nitrogen and oxygen atoms in total. The lowest BCUT2D eigenvalue weighted by Gasteiger charge is -2.32. The van der Waals surface area contributed by atoms with Crippen LogP contribution in [0.1, 0.15) is 18.4 Å². The van der Waals surface area contributed by atoms with Crippen LogP contribution in [0, 0.1) is 0 Å². The van der Waals surface area contributed by atoms with Gasteiger partial charge in [0.2, 0.25) is 5.91 Å². The van der Waals surface area contributed by atoms with E-state index in [0.717, 1.165) is 37.4 Å². The summed E-state index contributed by atoms with van der Waals surface area (Å²) in [5.41, 5.74) is 1.35. The van der Waals surface area contributed by atoms with Gasteiger partial charge in [0, 0.05) is 35.6 Å². The van der Waals surface area contributed by atoms with E-state index >= 15 is 0 Å². The van der Waals surface area contributed by atoms with Crippen molar-refractivity contribution in [2.24, 2.45) is 0 Å². The standard InChI is InChI=1S/C20H23ClN2OS/c21-17-7-4-8-19(13-17)25-15-20(24)22-18-9-11-23(12-10-18)14-16-5-2-1-3-6-16/h1-8,13,18H,9-12,14-15H2,(H,22,24). The van der Waals surface area contributed by atoms with Crippen molar-refractivity contribution in [1.29, 1.82) is 0 Å². The number of carbonyl (C=O) groups excluding carboxylic acids is 1. The van der Waals surface area contributed by atoms with E-state index in [1.807, 2.05) is 30.3 Å². The van der Waals surface area contributed by atoms with Crippen LogP contribution in [-0.2, 0) is 11.3 Å². The van der Waals surface area contributed by atoms with Gasteiger partial charge in [-0.1, -0.05) is 48.0 Å². The summed E-state index contributed by atoms with van der Waals surface area (Å²) in [5.74, 6) is 0.538. The molecule has 1 amide bonds. The Morgan fingerprint density at radius 3 is 2.60 bits per heavy atom. The molecule has 0 atom stereocenters. The first-order valence-electron chi connectivity index (χ1n) is 8.63. The van der Waals surface area contributed by atoms with E-state index in [0.29, 0.717) is 16.8 Å². The van der Waals surface area contributed by atoms with Crippen LogP contribution in [0.25, 0.3) is 0 Å². The quantitative estimate of drug-likeness (QED) is 0.768. The molecule has 1 saturated heterocycles. The second-order valence-corrected chi connectivity index (χ2v) is 7.83. The molecule has 2 aromatic rings. The molecule has 0 saturated carbocycles. The van der Waals surface area contributed by atoms with Gasteiger partial charge in [-0.15, -0.1) is 11.8 Å². The molecule has 0 bridgehead atoms. The fourth-order valence-corrected chi connectivity index (χ4v) is 4.07. The van der Waals surface area contributed by atoms with Crippen LogP contribution in [0.15, 0.2) is 59.5 Å². The molecule has 132 valence electrons. The summed E-state index contributed by atoms with van der Waals surface area (Å²) >= 11 is 7.50. The number of halogens is 1. The predicted molar refractivity (Wildman–Crippen MR) is 105 cm³/mol. The highest BCUT2D eigenvalue weighted by Crippen LogP contribution is 2.21. The second kappa shape index (κ2) is 9.27. The number of carbonyl (C=O) groups is 1. The zero-order valence-corrected chi connectivity index (χ0v) is 15.7. The molecule has 1 fully saturated rings. The van der Waals surface area contributed by atoms with E-state index in [4.69, 9.17) is 11.6 Å². The largest absolute Gasteiger partial charge is 0.353 e. The van der Waals surface area contributed by atoms with Crippen molar-refractivity contribution in [1.82, 2.24) is 10.2 Å². The molecule has 0 radical (unpaired) electrons. The summed E-state index contributed by atoms with van der Waals surface area (Å²) in [5, 5.41) is 3.87. The third-order valence-electron chi connectivity index (χ3n) is 4.37. The van der Waals surface area contributed by atoms with Gasteiger partial charge in [0.25, 0.3) is 0 Å². The van der Waals surface area contributed by atoms with Gasteiger partial charge in [0.05, 0.1) is 5.75 Å². The normalized spacial score (nSPS) is 15.9. The van der Waals surface area contributed by atoms with Crippen LogP contribution in [0.5, 0.6) is 0 Å². The number of thioether (sulfide) groups is 1. The smallest absolute Gasteiger partial charge is 0.230 e. The van der Waals surface area contributed by atoms with Gasteiger partial charge in [0.1, 0.15) is 0 Å². The molecule has 1 aliphatic rings. The molecule has 0 unspecified atom stereocenters. The van der Waals surface area contributed by atoms with Gasteiger partial charge in [-0.25, -0.2) is 0 Å². The molecule has 25 heavy (non-hydrogen) atoms. The van der Waals surface area contributed by atoms with Gasteiger partial charge >= 0.3 is 0 Å². The first kappa shape index (κ1) is 18.3. The maximum Gasteiger partial charge on any atom is 0.230 e. The van der Waals surface area contributed by atoms with Crippen molar-refractivity contribution in [3.05, 3.63) is 65.2 Å².